The topological polar surface area (TPSA) is 43.4 Å². The molecule has 3 nitrogen and oxygen atoms in total. The largest absolute Gasteiger partial charge is 0.386 e. The van der Waals surface area contributed by atoms with Gasteiger partial charge in [-0.3, -0.25) is 0 Å². The lowest BCUT2D eigenvalue weighted by molar-refractivity contribution is 0.0391. The van der Waals surface area contributed by atoms with Gasteiger partial charge in [-0.05, 0) is 35.7 Å². The molecule has 0 aromatic heterocycles. The van der Waals surface area contributed by atoms with E-state index in [1.54, 1.807) is 24.3 Å². The minimum Gasteiger partial charge on any atom is -0.386 e. The Bertz CT molecular complexity index is 1000. The Kier molecular flexibility index (Phi) is 2.96. The number of benzene rings is 3. The zero-order valence-corrected chi connectivity index (χ0v) is 12.0. The molecule has 1 aliphatic rings. The van der Waals surface area contributed by atoms with Crippen molar-refractivity contribution in [1.29, 1.82) is 0 Å². The molecule has 3 heteroatoms. The van der Waals surface area contributed by atoms with E-state index in [-0.39, 0.29) is 0 Å². The summed E-state index contributed by atoms with van der Waals surface area (Å²) in [6.07, 6.45) is 0. The van der Waals surface area contributed by atoms with Crippen LogP contribution in [0.5, 0.6) is 0 Å². The van der Waals surface area contributed by atoms with Gasteiger partial charge in [0.15, 0.2) is 0 Å². The molecule has 0 amide bonds. The molecule has 0 bridgehead atoms. The number of carbonyl (C=O) groups is 2. The van der Waals surface area contributed by atoms with Crippen LogP contribution in [0.15, 0.2) is 60.7 Å². The van der Waals surface area contributed by atoms with E-state index in [4.69, 9.17) is 4.74 Å². The normalized spacial score (nSPS) is 12.5. The molecule has 0 saturated carbocycles. The highest BCUT2D eigenvalue weighted by Gasteiger charge is 2.27. The first-order valence-corrected chi connectivity index (χ1v) is 7.13. The van der Waals surface area contributed by atoms with Gasteiger partial charge in [0.25, 0.3) is 0 Å². The molecule has 0 spiro atoms. The van der Waals surface area contributed by atoms with Crippen LogP contribution in [0.1, 0.15) is 31.8 Å². The monoisotopic (exact) mass is 298 g/mol. The molecule has 3 aromatic carbocycles. The van der Waals surface area contributed by atoms with Crippen molar-refractivity contribution < 1.29 is 14.3 Å². The minimum atomic E-state index is -0.610. The second kappa shape index (κ2) is 5.11. The van der Waals surface area contributed by atoms with E-state index < -0.39 is 11.9 Å². The van der Waals surface area contributed by atoms with Crippen LogP contribution in [0.25, 0.3) is 10.8 Å². The Morgan fingerprint density at radius 3 is 2.22 bits per heavy atom. The Hall–Kier alpha value is -3.38. The van der Waals surface area contributed by atoms with Gasteiger partial charge >= 0.3 is 11.9 Å². The van der Waals surface area contributed by atoms with E-state index in [0.29, 0.717) is 16.5 Å². The van der Waals surface area contributed by atoms with E-state index in [0.717, 1.165) is 16.5 Å². The maximum atomic E-state index is 11.9. The van der Waals surface area contributed by atoms with E-state index in [1.807, 2.05) is 36.4 Å². The fourth-order valence-electron chi connectivity index (χ4n) is 2.71. The lowest BCUT2D eigenvalue weighted by atomic mass is 9.94. The van der Waals surface area contributed by atoms with Gasteiger partial charge in [-0.15, -0.1) is 0 Å². The standard InChI is InChI=1S/C20H10O3/c21-19-16-8-4-7-15-14(10-9-13-5-2-1-3-6-13)11-12-17(18(15)16)20(22)23-19/h1-8,11-12H. The lowest BCUT2D eigenvalue weighted by Gasteiger charge is -2.15. The van der Waals surface area contributed by atoms with Crippen molar-refractivity contribution in [3.63, 3.8) is 0 Å². The smallest absolute Gasteiger partial charge is 0.346 e. The molecule has 3 aromatic rings. The Morgan fingerprint density at radius 2 is 1.43 bits per heavy atom. The summed E-state index contributed by atoms with van der Waals surface area (Å²) in [5.41, 5.74) is 2.49. The Labute approximate surface area is 132 Å². The third-order valence-corrected chi connectivity index (χ3v) is 3.78. The minimum absolute atomic E-state index is 0.403. The lowest BCUT2D eigenvalue weighted by Crippen LogP contribution is -2.19. The molecular formula is C20H10O3. The molecule has 23 heavy (non-hydrogen) atoms. The van der Waals surface area contributed by atoms with Crippen LogP contribution in [0.3, 0.4) is 0 Å². The van der Waals surface area contributed by atoms with Crippen LogP contribution >= 0.6 is 0 Å². The fourth-order valence-corrected chi connectivity index (χ4v) is 2.71. The maximum absolute atomic E-state index is 11.9. The van der Waals surface area contributed by atoms with Crippen molar-refractivity contribution in [2.75, 3.05) is 0 Å². The Morgan fingerprint density at radius 1 is 0.696 bits per heavy atom. The molecule has 1 aliphatic heterocycles. The number of ether oxygens (including phenoxy) is 1. The van der Waals surface area contributed by atoms with Gasteiger partial charge < -0.3 is 4.74 Å². The quantitative estimate of drug-likeness (QED) is 0.362. The van der Waals surface area contributed by atoms with Crippen LogP contribution in [-0.2, 0) is 4.74 Å². The molecule has 0 fully saturated rings. The summed E-state index contributed by atoms with van der Waals surface area (Å²) in [6.45, 7) is 0. The highest BCUT2D eigenvalue weighted by molar-refractivity contribution is 6.21. The number of cyclic esters (lactones) is 2. The predicted octanol–water partition coefficient (Wildman–Crippen LogP) is 3.55. The van der Waals surface area contributed by atoms with Gasteiger partial charge in [-0.25, -0.2) is 9.59 Å². The number of rotatable bonds is 0. The molecule has 0 aliphatic carbocycles. The third kappa shape index (κ3) is 2.18. The van der Waals surface area contributed by atoms with E-state index in [9.17, 15) is 9.59 Å². The average molecular weight is 298 g/mol. The predicted molar refractivity (Wildman–Crippen MR) is 86.1 cm³/mol. The summed E-state index contributed by atoms with van der Waals surface area (Å²) in [5, 5.41) is 1.40. The SMILES string of the molecule is O=C1OC(=O)c2ccc(C#Cc3ccccc3)c3cccc1c23. The van der Waals surface area contributed by atoms with Crippen LogP contribution in [0.4, 0.5) is 0 Å². The summed E-state index contributed by atoms with van der Waals surface area (Å²) in [5.74, 6) is 5.00. The fraction of sp³-hybridized carbons (Fsp3) is 0. The average Bonchev–Trinajstić information content (AvgIpc) is 2.59. The highest BCUT2D eigenvalue weighted by Crippen LogP contribution is 2.30. The van der Waals surface area contributed by atoms with E-state index in [1.165, 1.54) is 0 Å². The van der Waals surface area contributed by atoms with Crippen molar-refractivity contribution in [2.24, 2.45) is 0 Å². The molecule has 0 unspecified atom stereocenters. The van der Waals surface area contributed by atoms with Gasteiger partial charge in [0.05, 0.1) is 11.1 Å². The number of hydrogen-bond donors (Lipinski definition) is 0. The van der Waals surface area contributed by atoms with Gasteiger partial charge in [-0.2, -0.15) is 0 Å². The first-order chi connectivity index (χ1) is 11.2. The van der Waals surface area contributed by atoms with E-state index in [2.05, 4.69) is 11.8 Å². The summed E-state index contributed by atoms with van der Waals surface area (Å²) in [4.78, 5) is 23.8. The van der Waals surface area contributed by atoms with Crippen molar-refractivity contribution >= 4 is 22.7 Å². The summed E-state index contributed by atoms with van der Waals surface area (Å²) in [7, 11) is 0. The van der Waals surface area contributed by atoms with Gasteiger partial charge in [0.1, 0.15) is 0 Å². The molecule has 1 heterocycles. The van der Waals surface area contributed by atoms with Crippen molar-refractivity contribution in [3.8, 4) is 11.8 Å². The van der Waals surface area contributed by atoms with Crippen LogP contribution < -0.4 is 0 Å². The van der Waals surface area contributed by atoms with Gasteiger partial charge in [0, 0.05) is 16.5 Å². The molecule has 0 atom stereocenters. The van der Waals surface area contributed by atoms with Crippen LogP contribution in [-0.4, -0.2) is 11.9 Å². The van der Waals surface area contributed by atoms with Crippen molar-refractivity contribution in [1.82, 2.24) is 0 Å². The first-order valence-electron chi connectivity index (χ1n) is 7.13. The van der Waals surface area contributed by atoms with E-state index >= 15 is 0 Å². The first kappa shape index (κ1) is 13.3. The zero-order chi connectivity index (χ0) is 15.8. The van der Waals surface area contributed by atoms with Crippen LogP contribution in [0, 0.1) is 11.8 Å². The summed E-state index contributed by atoms with van der Waals surface area (Å²) >= 11 is 0. The van der Waals surface area contributed by atoms with Gasteiger partial charge in [-0.1, -0.05) is 42.2 Å². The summed E-state index contributed by atoms with van der Waals surface area (Å²) < 4.78 is 4.76. The zero-order valence-electron chi connectivity index (χ0n) is 12.0. The van der Waals surface area contributed by atoms with Gasteiger partial charge in [0.2, 0.25) is 0 Å². The van der Waals surface area contributed by atoms with Crippen molar-refractivity contribution in [3.05, 3.63) is 82.9 Å². The third-order valence-electron chi connectivity index (χ3n) is 3.78. The molecule has 108 valence electrons. The molecule has 0 saturated heterocycles. The number of hydrogen-bond acceptors (Lipinski definition) is 3. The number of carbonyl (C=O) groups excluding carboxylic acids is 2. The second-order valence-electron chi connectivity index (χ2n) is 5.18. The molecule has 0 radical (unpaired) electrons. The summed E-state index contributed by atoms with van der Waals surface area (Å²) in [6, 6.07) is 18.4. The van der Waals surface area contributed by atoms with Crippen LogP contribution in [0.2, 0.25) is 0 Å². The maximum Gasteiger partial charge on any atom is 0.346 e. The number of esters is 2. The molecule has 0 N–H and O–H groups in total. The highest BCUT2D eigenvalue weighted by atomic mass is 16.6. The molecule has 4 rings (SSSR count). The second-order valence-corrected chi connectivity index (χ2v) is 5.18. The Balaban J connectivity index is 1.95. The molecular weight excluding hydrogens is 288 g/mol. The van der Waals surface area contributed by atoms with Crippen molar-refractivity contribution in [2.45, 2.75) is 0 Å².